The number of hydrogen-bond donors (Lipinski definition) is 5. The number of carboxylic acids is 1. The normalized spacial score (nSPS) is 13.0. The summed E-state index contributed by atoms with van der Waals surface area (Å²) in [7, 11) is 0. The number of carboxylic acid groups (broad SMARTS) is 1. The summed E-state index contributed by atoms with van der Waals surface area (Å²) in [5.41, 5.74) is 5.31. The molecule has 0 unspecified atom stereocenters. The number of aliphatic carboxylic acids is 1. The summed E-state index contributed by atoms with van der Waals surface area (Å²) >= 11 is 0. The molecule has 4 rings (SSSR count). The first-order chi connectivity index (χ1) is 20.1. The lowest BCUT2D eigenvalue weighted by atomic mass is 10.0. The van der Waals surface area contributed by atoms with E-state index in [1.165, 1.54) is 6.07 Å². The number of carbonyl (C=O) groups is 4. The highest BCUT2D eigenvalue weighted by atomic mass is 16.4. The molecule has 42 heavy (non-hydrogen) atoms. The fraction of sp³-hybridized carbons (Fsp3) is 0.200. The van der Waals surface area contributed by atoms with Gasteiger partial charge in [-0.25, -0.2) is 14.2 Å². The van der Waals surface area contributed by atoms with E-state index in [2.05, 4.69) is 15.6 Å². The van der Waals surface area contributed by atoms with Gasteiger partial charge in [-0.15, -0.1) is 0 Å². The largest absolute Gasteiger partial charge is 0.480 e. The zero-order chi connectivity index (χ0) is 30.2. The van der Waals surface area contributed by atoms with Gasteiger partial charge in [0.2, 0.25) is 17.7 Å². The number of para-hydroxylation sites is 1. The van der Waals surface area contributed by atoms with E-state index in [9.17, 15) is 33.9 Å². The second kappa shape index (κ2) is 13.2. The lowest BCUT2D eigenvalue weighted by Gasteiger charge is -2.24. The molecule has 3 atom stereocenters. The van der Waals surface area contributed by atoms with Crippen molar-refractivity contribution in [2.75, 3.05) is 0 Å². The van der Waals surface area contributed by atoms with Crippen molar-refractivity contribution < 1.29 is 24.3 Å². The minimum atomic E-state index is -1.58. The van der Waals surface area contributed by atoms with Gasteiger partial charge in [-0.1, -0.05) is 72.8 Å². The van der Waals surface area contributed by atoms with Crippen LogP contribution in [0.2, 0.25) is 0 Å². The zero-order valence-corrected chi connectivity index (χ0v) is 22.4. The molecule has 0 fully saturated rings. The fourth-order valence-electron chi connectivity index (χ4n) is 4.60. The Bertz CT molecular complexity index is 1720. The number of benzene rings is 3. The maximum Gasteiger partial charge on any atom is 0.329 e. The summed E-state index contributed by atoms with van der Waals surface area (Å²) in [5.74, 6) is -4.15. The van der Waals surface area contributed by atoms with Crippen molar-refractivity contribution >= 4 is 34.6 Å². The second-order valence-corrected chi connectivity index (χ2v) is 9.68. The van der Waals surface area contributed by atoms with Crippen LogP contribution < -0.4 is 27.6 Å². The number of fused-ring (bicyclic) bond motifs is 1. The Hall–Kier alpha value is -5.52. The molecule has 216 valence electrons. The van der Waals surface area contributed by atoms with E-state index in [0.717, 1.165) is 4.57 Å². The van der Waals surface area contributed by atoms with Crippen LogP contribution in [-0.2, 0) is 32.0 Å². The molecular weight excluding hydrogens is 542 g/mol. The standard InChI is InChI=1S/C30H29N5O7/c31-25(36)17-22(26(37)33-23(29(40)41)15-18-9-3-1-4-10-18)32-27(38)24(16-19-11-5-2-6-12-19)35-28(39)20-13-7-8-14-21(20)34-30(35)42/h1-14,22-24H,15-17H2,(H2,31,36)(H,32,38)(H,33,37)(H,34,42)(H,40,41)/t22-,23-,24-/m0/s1. The van der Waals surface area contributed by atoms with Crippen molar-refractivity contribution in [3.05, 3.63) is 117 Å². The molecule has 0 saturated carbocycles. The van der Waals surface area contributed by atoms with Crippen LogP contribution in [0, 0.1) is 0 Å². The Kier molecular flexibility index (Phi) is 9.28. The van der Waals surface area contributed by atoms with E-state index in [1.807, 2.05) is 0 Å². The number of rotatable bonds is 12. The Morgan fingerprint density at radius 2 is 1.31 bits per heavy atom. The quantitative estimate of drug-likeness (QED) is 0.165. The third-order valence-electron chi connectivity index (χ3n) is 6.66. The summed E-state index contributed by atoms with van der Waals surface area (Å²) in [6.45, 7) is 0. The molecule has 12 nitrogen and oxygen atoms in total. The number of aromatic amines is 1. The van der Waals surface area contributed by atoms with E-state index in [1.54, 1.807) is 78.9 Å². The van der Waals surface area contributed by atoms with Crippen molar-refractivity contribution in [2.45, 2.75) is 37.4 Å². The van der Waals surface area contributed by atoms with Crippen LogP contribution in [0.15, 0.2) is 94.5 Å². The molecular formula is C30H29N5O7. The van der Waals surface area contributed by atoms with Crippen molar-refractivity contribution in [3.63, 3.8) is 0 Å². The highest BCUT2D eigenvalue weighted by molar-refractivity contribution is 5.94. The van der Waals surface area contributed by atoms with Crippen LogP contribution in [0.3, 0.4) is 0 Å². The number of amides is 3. The third-order valence-corrected chi connectivity index (χ3v) is 6.66. The lowest BCUT2D eigenvalue weighted by molar-refractivity contribution is -0.142. The number of H-pyrrole nitrogens is 1. The Balaban J connectivity index is 1.66. The third kappa shape index (κ3) is 7.16. The summed E-state index contributed by atoms with van der Waals surface area (Å²) in [4.78, 5) is 79.8. The minimum absolute atomic E-state index is 0.0579. The number of primary amides is 1. The Labute approximate surface area is 239 Å². The zero-order valence-electron chi connectivity index (χ0n) is 22.4. The van der Waals surface area contributed by atoms with E-state index < -0.39 is 59.5 Å². The molecule has 6 N–H and O–H groups in total. The predicted molar refractivity (Wildman–Crippen MR) is 153 cm³/mol. The van der Waals surface area contributed by atoms with E-state index in [4.69, 9.17) is 5.73 Å². The first kappa shape index (κ1) is 29.5. The van der Waals surface area contributed by atoms with Crippen molar-refractivity contribution in [3.8, 4) is 0 Å². The first-order valence-electron chi connectivity index (χ1n) is 13.1. The molecule has 0 radical (unpaired) electrons. The first-order valence-corrected chi connectivity index (χ1v) is 13.1. The molecule has 3 aromatic carbocycles. The summed E-state index contributed by atoms with van der Waals surface area (Å²) in [5, 5.41) is 14.6. The molecule has 12 heteroatoms. The highest BCUT2D eigenvalue weighted by Crippen LogP contribution is 2.15. The highest BCUT2D eigenvalue weighted by Gasteiger charge is 2.32. The average molecular weight is 572 g/mol. The van der Waals surface area contributed by atoms with Crippen LogP contribution in [0.1, 0.15) is 23.6 Å². The lowest BCUT2D eigenvalue weighted by Crippen LogP contribution is -2.55. The van der Waals surface area contributed by atoms with Gasteiger partial charge in [0.05, 0.1) is 17.3 Å². The van der Waals surface area contributed by atoms with Gasteiger partial charge in [-0.2, -0.15) is 0 Å². The molecule has 1 heterocycles. The van der Waals surface area contributed by atoms with Gasteiger partial charge in [0.15, 0.2) is 0 Å². The molecule has 0 aliphatic rings. The van der Waals surface area contributed by atoms with Gasteiger partial charge in [-0.05, 0) is 23.3 Å². The van der Waals surface area contributed by atoms with E-state index >= 15 is 0 Å². The molecule has 0 bridgehead atoms. The van der Waals surface area contributed by atoms with E-state index in [-0.39, 0.29) is 23.7 Å². The SMILES string of the molecule is NC(=O)C[C@H](NC(=O)[C@H](Cc1ccccc1)n1c(=O)[nH]c2ccccc2c1=O)C(=O)N[C@@H](Cc1ccccc1)C(=O)O. The summed E-state index contributed by atoms with van der Waals surface area (Å²) in [6, 6.07) is 19.1. The summed E-state index contributed by atoms with van der Waals surface area (Å²) < 4.78 is 0.763. The molecule has 0 spiro atoms. The van der Waals surface area contributed by atoms with Crippen LogP contribution in [0.4, 0.5) is 0 Å². The van der Waals surface area contributed by atoms with Crippen molar-refractivity contribution in [2.24, 2.45) is 5.73 Å². The minimum Gasteiger partial charge on any atom is -0.480 e. The van der Waals surface area contributed by atoms with Gasteiger partial charge in [0, 0.05) is 12.8 Å². The number of carbonyl (C=O) groups excluding carboxylic acids is 3. The number of nitrogens with one attached hydrogen (secondary N) is 3. The van der Waals surface area contributed by atoms with Crippen molar-refractivity contribution in [1.82, 2.24) is 20.2 Å². The fourth-order valence-corrected chi connectivity index (χ4v) is 4.60. The Morgan fingerprint density at radius 1 is 0.762 bits per heavy atom. The van der Waals surface area contributed by atoms with Crippen molar-refractivity contribution in [1.29, 1.82) is 0 Å². The molecule has 4 aromatic rings. The molecule has 0 aliphatic carbocycles. The average Bonchev–Trinajstić information content (AvgIpc) is 2.96. The topological polar surface area (TPSA) is 193 Å². The monoisotopic (exact) mass is 571 g/mol. The molecule has 1 aromatic heterocycles. The smallest absolute Gasteiger partial charge is 0.329 e. The van der Waals surface area contributed by atoms with Gasteiger partial charge >= 0.3 is 11.7 Å². The molecule has 0 saturated heterocycles. The van der Waals surface area contributed by atoms with Crippen LogP contribution in [0.25, 0.3) is 10.9 Å². The predicted octanol–water partition coefficient (Wildman–Crippen LogP) is 0.646. The maximum atomic E-state index is 13.7. The van der Waals surface area contributed by atoms with Crippen LogP contribution >= 0.6 is 0 Å². The van der Waals surface area contributed by atoms with Gasteiger partial charge < -0.3 is 26.5 Å². The summed E-state index contributed by atoms with van der Waals surface area (Å²) in [6.07, 6.45) is -0.821. The number of nitrogens with zero attached hydrogens (tertiary/aromatic N) is 1. The maximum absolute atomic E-state index is 13.7. The number of nitrogens with two attached hydrogens (primary N) is 1. The second-order valence-electron chi connectivity index (χ2n) is 9.68. The van der Waals surface area contributed by atoms with Gasteiger partial charge in [0.25, 0.3) is 5.56 Å². The van der Waals surface area contributed by atoms with Gasteiger partial charge in [-0.3, -0.25) is 19.2 Å². The van der Waals surface area contributed by atoms with Crippen LogP contribution in [0.5, 0.6) is 0 Å². The van der Waals surface area contributed by atoms with E-state index in [0.29, 0.717) is 11.1 Å². The Morgan fingerprint density at radius 3 is 1.90 bits per heavy atom. The number of hydrogen-bond acceptors (Lipinski definition) is 6. The molecule has 3 amide bonds. The van der Waals surface area contributed by atoms with Gasteiger partial charge in [0.1, 0.15) is 18.1 Å². The number of aromatic nitrogens is 2. The van der Waals surface area contributed by atoms with Crippen LogP contribution in [-0.4, -0.2) is 50.4 Å². The molecule has 0 aliphatic heterocycles.